The van der Waals surface area contributed by atoms with Crippen LogP contribution < -0.4 is 0 Å². The molecular formula is C19H29NO. The van der Waals surface area contributed by atoms with Crippen molar-refractivity contribution in [1.82, 2.24) is 4.90 Å². The molecule has 1 aromatic carbocycles. The second kappa shape index (κ2) is 7.11. The third kappa shape index (κ3) is 4.09. The Balaban J connectivity index is 1.98. The van der Waals surface area contributed by atoms with E-state index in [4.69, 9.17) is 0 Å². The van der Waals surface area contributed by atoms with Crippen molar-refractivity contribution in [2.45, 2.75) is 78.3 Å². The van der Waals surface area contributed by atoms with Crippen LogP contribution in [0.3, 0.4) is 0 Å². The number of benzene rings is 1. The molecule has 0 heterocycles. The van der Waals surface area contributed by atoms with Crippen molar-refractivity contribution in [2.75, 3.05) is 0 Å². The van der Waals surface area contributed by atoms with Gasteiger partial charge in [-0.3, -0.25) is 4.79 Å². The SMILES string of the molecule is Cc1ccc(CCC(=O)N(C(C)C)C2CCCC2)c(C)c1. The van der Waals surface area contributed by atoms with E-state index in [1.54, 1.807) is 0 Å². The zero-order valence-electron chi connectivity index (χ0n) is 14.0. The Bertz CT molecular complexity index is 486. The Labute approximate surface area is 129 Å². The van der Waals surface area contributed by atoms with E-state index in [0.717, 1.165) is 6.42 Å². The lowest BCUT2D eigenvalue weighted by Crippen LogP contribution is -2.43. The molecule has 1 aliphatic rings. The Morgan fingerprint density at radius 3 is 2.48 bits per heavy atom. The van der Waals surface area contributed by atoms with Crippen molar-refractivity contribution in [1.29, 1.82) is 0 Å². The van der Waals surface area contributed by atoms with E-state index in [-0.39, 0.29) is 0 Å². The van der Waals surface area contributed by atoms with Crippen LogP contribution in [0.1, 0.15) is 62.6 Å². The Hall–Kier alpha value is -1.31. The van der Waals surface area contributed by atoms with Gasteiger partial charge in [0.25, 0.3) is 0 Å². The van der Waals surface area contributed by atoms with Gasteiger partial charge in [-0.25, -0.2) is 0 Å². The van der Waals surface area contributed by atoms with Gasteiger partial charge in [0, 0.05) is 18.5 Å². The van der Waals surface area contributed by atoms with Crippen LogP contribution in [-0.2, 0) is 11.2 Å². The van der Waals surface area contributed by atoms with Crippen LogP contribution in [-0.4, -0.2) is 22.9 Å². The molecule has 2 rings (SSSR count). The number of hydrogen-bond donors (Lipinski definition) is 0. The molecule has 1 fully saturated rings. The smallest absolute Gasteiger partial charge is 0.223 e. The third-order valence-electron chi connectivity index (χ3n) is 4.67. The molecule has 0 unspecified atom stereocenters. The second-order valence-electron chi connectivity index (χ2n) is 6.76. The van der Waals surface area contributed by atoms with E-state index >= 15 is 0 Å². The van der Waals surface area contributed by atoms with Gasteiger partial charge in [-0.05, 0) is 58.1 Å². The maximum Gasteiger partial charge on any atom is 0.223 e. The highest BCUT2D eigenvalue weighted by molar-refractivity contribution is 5.77. The summed E-state index contributed by atoms with van der Waals surface area (Å²) in [5.74, 6) is 0.330. The zero-order valence-corrected chi connectivity index (χ0v) is 14.0. The molecule has 2 heteroatoms. The predicted octanol–water partition coefficient (Wildman–Crippen LogP) is 4.42. The molecular weight excluding hydrogens is 258 g/mol. The van der Waals surface area contributed by atoms with Gasteiger partial charge in [0.1, 0.15) is 0 Å². The van der Waals surface area contributed by atoms with Gasteiger partial charge in [0.05, 0.1) is 0 Å². The first-order valence-corrected chi connectivity index (χ1v) is 8.36. The minimum atomic E-state index is 0.319. The maximum atomic E-state index is 12.6. The van der Waals surface area contributed by atoms with Gasteiger partial charge in [-0.2, -0.15) is 0 Å². The van der Waals surface area contributed by atoms with Crippen LogP contribution >= 0.6 is 0 Å². The average Bonchev–Trinajstić information content (AvgIpc) is 2.91. The molecule has 1 amide bonds. The molecule has 21 heavy (non-hydrogen) atoms. The fourth-order valence-corrected chi connectivity index (χ4v) is 3.59. The van der Waals surface area contributed by atoms with E-state index in [9.17, 15) is 4.79 Å². The zero-order chi connectivity index (χ0) is 15.4. The van der Waals surface area contributed by atoms with Crippen molar-refractivity contribution >= 4 is 5.91 Å². The molecule has 0 saturated heterocycles. The molecule has 0 radical (unpaired) electrons. The first-order valence-electron chi connectivity index (χ1n) is 8.36. The van der Waals surface area contributed by atoms with Crippen LogP contribution in [0.2, 0.25) is 0 Å². The normalized spacial score (nSPS) is 15.7. The highest BCUT2D eigenvalue weighted by Gasteiger charge is 2.28. The van der Waals surface area contributed by atoms with E-state index in [1.807, 2.05) is 0 Å². The molecule has 0 aliphatic heterocycles. The number of carbonyl (C=O) groups excluding carboxylic acids is 1. The highest BCUT2D eigenvalue weighted by Crippen LogP contribution is 2.26. The van der Waals surface area contributed by atoms with E-state index in [2.05, 4.69) is 50.8 Å². The van der Waals surface area contributed by atoms with Crippen molar-refractivity contribution in [2.24, 2.45) is 0 Å². The largest absolute Gasteiger partial charge is 0.337 e. The van der Waals surface area contributed by atoms with Crippen LogP contribution in [0.15, 0.2) is 18.2 Å². The summed E-state index contributed by atoms with van der Waals surface area (Å²) in [6.07, 6.45) is 6.43. The van der Waals surface area contributed by atoms with Gasteiger partial charge in [0.15, 0.2) is 0 Å². The summed E-state index contributed by atoms with van der Waals surface area (Å²) in [5, 5.41) is 0. The van der Waals surface area contributed by atoms with Crippen LogP contribution in [0.4, 0.5) is 0 Å². The summed E-state index contributed by atoms with van der Waals surface area (Å²) in [6, 6.07) is 7.32. The average molecular weight is 287 g/mol. The third-order valence-corrected chi connectivity index (χ3v) is 4.67. The van der Waals surface area contributed by atoms with Crippen molar-refractivity contribution in [3.63, 3.8) is 0 Å². The molecule has 1 aliphatic carbocycles. The van der Waals surface area contributed by atoms with E-state index in [0.29, 0.717) is 24.4 Å². The van der Waals surface area contributed by atoms with E-state index in [1.165, 1.54) is 42.4 Å². The summed E-state index contributed by atoms with van der Waals surface area (Å²) in [5.41, 5.74) is 3.90. The Morgan fingerprint density at radius 2 is 1.90 bits per heavy atom. The lowest BCUT2D eigenvalue weighted by Gasteiger charge is -2.33. The molecule has 0 atom stereocenters. The van der Waals surface area contributed by atoms with Crippen molar-refractivity contribution in [3.8, 4) is 0 Å². The lowest BCUT2D eigenvalue weighted by atomic mass is 10.0. The highest BCUT2D eigenvalue weighted by atomic mass is 16.2. The first kappa shape index (κ1) is 16.1. The Morgan fingerprint density at radius 1 is 1.24 bits per heavy atom. The molecule has 2 nitrogen and oxygen atoms in total. The Kier molecular flexibility index (Phi) is 5.44. The summed E-state index contributed by atoms with van der Waals surface area (Å²) in [7, 11) is 0. The fourth-order valence-electron chi connectivity index (χ4n) is 3.59. The van der Waals surface area contributed by atoms with Gasteiger partial charge in [-0.1, -0.05) is 36.6 Å². The second-order valence-corrected chi connectivity index (χ2v) is 6.76. The van der Waals surface area contributed by atoms with E-state index < -0.39 is 0 Å². The quantitative estimate of drug-likeness (QED) is 0.785. The molecule has 0 N–H and O–H groups in total. The number of rotatable bonds is 5. The van der Waals surface area contributed by atoms with Gasteiger partial charge >= 0.3 is 0 Å². The molecule has 0 bridgehead atoms. The number of amides is 1. The molecule has 1 aromatic rings. The van der Waals surface area contributed by atoms with Crippen LogP contribution in [0.5, 0.6) is 0 Å². The number of hydrogen-bond acceptors (Lipinski definition) is 1. The van der Waals surface area contributed by atoms with Crippen LogP contribution in [0, 0.1) is 13.8 Å². The lowest BCUT2D eigenvalue weighted by molar-refractivity contribution is -0.135. The van der Waals surface area contributed by atoms with Crippen LogP contribution in [0.25, 0.3) is 0 Å². The molecule has 0 aromatic heterocycles. The summed E-state index contributed by atoms with van der Waals surface area (Å²) < 4.78 is 0. The topological polar surface area (TPSA) is 20.3 Å². The number of nitrogens with zero attached hydrogens (tertiary/aromatic N) is 1. The summed E-state index contributed by atoms with van der Waals surface area (Å²) in [6.45, 7) is 8.55. The molecule has 0 spiro atoms. The molecule has 116 valence electrons. The minimum Gasteiger partial charge on any atom is -0.337 e. The minimum absolute atomic E-state index is 0.319. The van der Waals surface area contributed by atoms with Gasteiger partial charge in [-0.15, -0.1) is 0 Å². The first-order chi connectivity index (χ1) is 9.99. The van der Waals surface area contributed by atoms with Gasteiger partial charge < -0.3 is 4.90 Å². The number of carbonyl (C=O) groups is 1. The monoisotopic (exact) mass is 287 g/mol. The summed E-state index contributed by atoms with van der Waals surface area (Å²) in [4.78, 5) is 14.8. The molecule has 1 saturated carbocycles. The van der Waals surface area contributed by atoms with Crippen molar-refractivity contribution in [3.05, 3.63) is 34.9 Å². The maximum absolute atomic E-state index is 12.6. The van der Waals surface area contributed by atoms with Gasteiger partial charge in [0.2, 0.25) is 5.91 Å². The van der Waals surface area contributed by atoms with Crippen molar-refractivity contribution < 1.29 is 4.79 Å². The summed E-state index contributed by atoms with van der Waals surface area (Å²) >= 11 is 0. The standard InChI is InChI=1S/C19H29NO/c1-14(2)20(18-7-5-6-8-18)19(21)12-11-17-10-9-15(3)13-16(17)4/h9-10,13-14,18H,5-8,11-12H2,1-4H3. The number of aryl methyl sites for hydroxylation is 3. The predicted molar refractivity (Wildman–Crippen MR) is 88.5 cm³/mol. The fraction of sp³-hybridized carbons (Fsp3) is 0.632.